The van der Waals surface area contributed by atoms with Crippen LogP contribution in [0.15, 0.2) is 79.1 Å². The van der Waals surface area contributed by atoms with Crippen molar-refractivity contribution in [3.63, 3.8) is 0 Å². The van der Waals surface area contributed by atoms with E-state index in [9.17, 15) is 4.39 Å². The van der Waals surface area contributed by atoms with Crippen LogP contribution in [0.25, 0.3) is 42.8 Å². The molecule has 0 aliphatic carbocycles. The summed E-state index contributed by atoms with van der Waals surface area (Å²) < 4.78 is 14.0. The second-order valence-corrected chi connectivity index (χ2v) is 16.4. The van der Waals surface area contributed by atoms with Gasteiger partial charge in [-0.1, -0.05) is 54.9 Å². The molecule has 0 aliphatic rings. The number of fused-ring (bicyclic) bond motifs is 3. The van der Waals surface area contributed by atoms with Crippen LogP contribution in [0.5, 0.6) is 0 Å². The van der Waals surface area contributed by atoms with Crippen LogP contribution in [0.1, 0.15) is 11.3 Å². The number of thiophene rings is 1. The molecule has 6 rings (SSSR count). The Bertz CT molecular complexity index is 1730. The zero-order valence-electron chi connectivity index (χ0n) is 22.5. The minimum absolute atomic E-state index is 0. The van der Waals surface area contributed by atoms with Crippen molar-refractivity contribution < 1.29 is 24.5 Å². The van der Waals surface area contributed by atoms with Gasteiger partial charge in [-0.3, -0.25) is 4.39 Å². The molecule has 0 bridgehead atoms. The summed E-state index contributed by atoms with van der Waals surface area (Å²) in [6.45, 7) is 11.0. The van der Waals surface area contributed by atoms with E-state index in [1.165, 1.54) is 38.4 Å². The number of halogens is 1. The summed E-state index contributed by atoms with van der Waals surface area (Å²) in [5.41, 5.74) is 5.97. The van der Waals surface area contributed by atoms with Gasteiger partial charge in [-0.15, -0.1) is 53.6 Å². The van der Waals surface area contributed by atoms with Gasteiger partial charge in [-0.25, -0.2) is 4.98 Å². The zero-order chi connectivity index (χ0) is 26.9. The van der Waals surface area contributed by atoms with Crippen LogP contribution in [-0.4, -0.2) is 23.0 Å². The molecule has 1 radical (unpaired) electrons. The van der Waals surface area contributed by atoms with E-state index in [4.69, 9.17) is 0 Å². The maximum absolute atomic E-state index is 12.8. The zero-order valence-corrected chi connectivity index (χ0v) is 26.7. The van der Waals surface area contributed by atoms with Gasteiger partial charge in [0.15, 0.2) is 0 Å². The normalized spacial score (nSPS) is 11.1. The van der Waals surface area contributed by atoms with Crippen LogP contribution in [0.2, 0.25) is 19.6 Å². The third kappa shape index (κ3) is 6.56. The molecular weight excluding hydrogens is 698 g/mol. The molecule has 4 aromatic heterocycles. The van der Waals surface area contributed by atoms with Crippen molar-refractivity contribution in [2.45, 2.75) is 33.5 Å². The van der Waals surface area contributed by atoms with Gasteiger partial charge in [0.05, 0.1) is 8.07 Å². The number of aromatic nitrogens is 3. The summed E-state index contributed by atoms with van der Waals surface area (Å²) in [7, 11) is -1.30. The molecule has 0 saturated heterocycles. The Morgan fingerprint density at radius 3 is 2.33 bits per heavy atom. The average Bonchev–Trinajstić information content (AvgIpc) is 3.27. The Labute approximate surface area is 247 Å². The Morgan fingerprint density at radius 2 is 1.67 bits per heavy atom. The molecule has 4 heterocycles. The molecule has 199 valence electrons. The van der Waals surface area contributed by atoms with E-state index in [-0.39, 0.29) is 25.9 Å². The molecular formula is C32H28FIrN3SSi-2. The van der Waals surface area contributed by atoms with E-state index < -0.39 is 8.07 Å². The fourth-order valence-corrected chi connectivity index (χ4v) is 6.40. The van der Waals surface area contributed by atoms with E-state index >= 15 is 0 Å². The molecule has 3 nitrogen and oxygen atoms in total. The van der Waals surface area contributed by atoms with Crippen molar-refractivity contribution in [3.05, 3.63) is 108 Å². The molecule has 0 amide bonds. The predicted molar refractivity (Wildman–Crippen MR) is 160 cm³/mol. The second-order valence-electron chi connectivity index (χ2n) is 10.3. The summed E-state index contributed by atoms with van der Waals surface area (Å²) in [5.74, 6) is -0.271. The van der Waals surface area contributed by atoms with Crippen molar-refractivity contribution >= 4 is 44.9 Å². The quantitative estimate of drug-likeness (QED) is 0.137. The molecule has 7 heteroatoms. The first-order chi connectivity index (χ1) is 18.2. The van der Waals surface area contributed by atoms with Gasteiger partial charge in [-0.2, -0.15) is 11.3 Å². The van der Waals surface area contributed by atoms with Gasteiger partial charge < -0.3 is 9.97 Å². The molecule has 0 spiro atoms. The Morgan fingerprint density at radius 1 is 0.846 bits per heavy atom. The molecule has 0 aliphatic heterocycles. The first-order valence-electron chi connectivity index (χ1n) is 12.5. The summed E-state index contributed by atoms with van der Waals surface area (Å²) >= 11 is 1.72. The van der Waals surface area contributed by atoms with Crippen LogP contribution in [0, 0.1) is 31.8 Å². The van der Waals surface area contributed by atoms with Crippen molar-refractivity contribution in [1.29, 1.82) is 0 Å². The topological polar surface area (TPSA) is 38.7 Å². The van der Waals surface area contributed by atoms with Gasteiger partial charge >= 0.3 is 0 Å². The first-order valence-corrected chi connectivity index (χ1v) is 16.8. The third-order valence-electron chi connectivity index (χ3n) is 6.29. The molecule has 2 aromatic carbocycles. The smallest absolute Gasteiger partial charge is 0.113 e. The number of hydrogen-bond donors (Lipinski definition) is 0. The molecule has 0 N–H and O–H groups in total. The predicted octanol–water partition coefficient (Wildman–Crippen LogP) is 8.16. The average molecular weight is 726 g/mol. The van der Waals surface area contributed by atoms with Gasteiger partial charge in [-0.05, 0) is 52.6 Å². The Hall–Kier alpha value is -3.09. The summed E-state index contributed by atoms with van der Waals surface area (Å²) in [6, 6.07) is 27.2. The van der Waals surface area contributed by atoms with E-state index in [1.54, 1.807) is 17.4 Å². The molecule has 0 unspecified atom stereocenters. The number of aryl methyl sites for hydroxylation is 2. The van der Waals surface area contributed by atoms with Crippen LogP contribution in [0.4, 0.5) is 4.39 Å². The van der Waals surface area contributed by atoms with Crippen molar-refractivity contribution in [2.75, 3.05) is 0 Å². The molecule has 39 heavy (non-hydrogen) atoms. The van der Waals surface area contributed by atoms with Gasteiger partial charge in [0.25, 0.3) is 0 Å². The van der Waals surface area contributed by atoms with Crippen LogP contribution >= 0.6 is 11.3 Å². The van der Waals surface area contributed by atoms with E-state index in [0.717, 1.165) is 33.0 Å². The maximum Gasteiger partial charge on any atom is 0.113 e. The van der Waals surface area contributed by atoms with Gasteiger partial charge in [0, 0.05) is 44.0 Å². The summed E-state index contributed by atoms with van der Waals surface area (Å²) in [4.78, 5) is 14.7. The van der Waals surface area contributed by atoms with E-state index in [0.29, 0.717) is 0 Å². The molecule has 0 atom stereocenters. The van der Waals surface area contributed by atoms with Crippen LogP contribution < -0.4 is 5.19 Å². The summed E-state index contributed by atoms with van der Waals surface area (Å²) in [5, 5.41) is 3.77. The first kappa shape index (κ1) is 28.9. The number of pyridine rings is 3. The standard InChI is InChI=1S/C18H13N2S.C14H15FNSi.Ir/c1-11-8-9-19-16(10-11)15-5-3-4-13-14-7-6-12(2)20-18(14)21-17(13)15;1-17(2,3)13-8-9-14(16-10-13)11-4-6-12(15)7-5-11;/h3-4,6-10H,1-2H3;4,6-10H,1-3H3;/q2*-1;. The maximum atomic E-state index is 12.8. The van der Waals surface area contributed by atoms with Crippen LogP contribution in [0.3, 0.4) is 0 Å². The minimum atomic E-state index is -1.30. The fraction of sp³-hybridized carbons (Fsp3) is 0.156. The van der Waals surface area contributed by atoms with Gasteiger partial charge in [0.2, 0.25) is 0 Å². The molecule has 0 fully saturated rings. The van der Waals surface area contributed by atoms with Crippen molar-refractivity contribution in [3.8, 4) is 22.5 Å². The minimum Gasteiger partial charge on any atom is -0.305 e. The second kappa shape index (κ2) is 12.0. The largest absolute Gasteiger partial charge is 0.305 e. The summed E-state index contributed by atoms with van der Waals surface area (Å²) in [6.07, 6.45) is 3.78. The van der Waals surface area contributed by atoms with Crippen LogP contribution in [-0.2, 0) is 20.1 Å². The fourth-order valence-electron chi connectivity index (χ4n) is 4.14. The van der Waals surface area contributed by atoms with E-state index in [2.05, 4.69) is 84.0 Å². The molecule has 6 aromatic rings. The monoisotopic (exact) mass is 726 g/mol. The van der Waals surface area contributed by atoms with E-state index in [1.807, 2.05) is 37.5 Å². The number of nitrogens with zero attached hydrogens (tertiary/aromatic N) is 3. The Kier molecular flexibility index (Phi) is 8.87. The SMILES string of the molecule is C[Si](C)(C)c1ccc(-c2[c-]cc(F)cc2)nc1.Cc1ccnc(-c2[c-]ccc3c2sc2nc(C)ccc23)c1.[Ir]. The number of hydrogen-bond acceptors (Lipinski definition) is 4. The third-order valence-corrected chi connectivity index (χ3v) is 9.45. The Balaban J connectivity index is 0.000000181. The van der Waals surface area contributed by atoms with Gasteiger partial charge in [0.1, 0.15) is 4.83 Å². The number of rotatable bonds is 3. The number of benzene rings is 2. The molecule has 0 saturated carbocycles. The van der Waals surface area contributed by atoms with Crippen molar-refractivity contribution in [1.82, 2.24) is 15.0 Å². The van der Waals surface area contributed by atoms with Crippen molar-refractivity contribution in [2.24, 2.45) is 0 Å².